The van der Waals surface area contributed by atoms with Gasteiger partial charge in [-0.3, -0.25) is 4.99 Å². The number of guanidine groups is 1. The Balaban J connectivity index is 1.91. The van der Waals surface area contributed by atoms with Crippen LogP contribution in [0.2, 0.25) is 0 Å². The van der Waals surface area contributed by atoms with Crippen LogP contribution in [0.4, 0.5) is 17.6 Å². The molecule has 0 aliphatic carbocycles. The molecule has 0 spiro atoms. The number of aromatic nitrogens is 1. The van der Waals surface area contributed by atoms with E-state index in [9.17, 15) is 17.6 Å². The molecule has 0 radical (unpaired) electrons. The third kappa shape index (κ3) is 5.17. The van der Waals surface area contributed by atoms with E-state index in [0.717, 1.165) is 21.2 Å². The molecule has 0 bridgehead atoms. The molecular weight excluding hydrogens is 412 g/mol. The van der Waals surface area contributed by atoms with E-state index in [0.29, 0.717) is 18.1 Å². The third-order valence-electron chi connectivity index (χ3n) is 2.93. The first-order valence-electron chi connectivity index (χ1n) is 6.69. The Hall–Kier alpha value is -1.68. The molecule has 130 valence electrons. The quantitative estimate of drug-likeness (QED) is 0.444. The standard InChI is InChI=1S/C14H13BrF4N4S/c1-20-13(21-5-8-4-9(16)2-3-10(8)15)22-6-12-23-11(7-24-12)14(17,18)19/h2-4,7H,5-6H2,1H3,(H2,20,21,22). The number of hydrogen-bond donors (Lipinski definition) is 2. The van der Waals surface area contributed by atoms with Gasteiger partial charge in [0.25, 0.3) is 0 Å². The molecule has 10 heteroatoms. The highest BCUT2D eigenvalue weighted by Gasteiger charge is 2.33. The fourth-order valence-corrected chi connectivity index (χ4v) is 2.89. The van der Waals surface area contributed by atoms with E-state index in [1.54, 1.807) is 6.07 Å². The van der Waals surface area contributed by atoms with Gasteiger partial charge in [-0.15, -0.1) is 11.3 Å². The van der Waals surface area contributed by atoms with Crippen LogP contribution in [0, 0.1) is 5.82 Å². The molecule has 0 aliphatic heterocycles. The van der Waals surface area contributed by atoms with Crippen LogP contribution in [0.5, 0.6) is 0 Å². The first kappa shape index (κ1) is 18.7. The molecule has 0 unspecified atom stereocenters. The summed E-state index contributed by atoms with van der Waals surface area (Å²) >= 11 is 4.23. The predicted octanol–water partition coefficient (Wildman–Crippen LogP) is 3.93. The zero-order valence-corrected chi connectivity index (χ0v) is 14.8. The molecule has 1 aromatic heterocycles. The Bertz CT molecular complexity index is 730. The molecule has 0 aliphatic rings. The minimum Gasteiger partial charge on any atom is -0.352 e. The van der Waals surface area contributed by atoms with E-state index in [4.69, 9.17) is 0 Å². The van der Waals surface area contributed by atoms with Gasteiger partial charge in [-0.05, 0) is 23.8 Å². The SMILES string of the molecule is CN=C(NCc1nc(C(F)(F)F)cs1)NCc1cc(F)ccc1Br. The van der Waals surface area contributed by atoms with Gasteiger partial charge in [-0.2, -0.15) is 13.2 Å². The average molecular weight is 425 g/mol. The van der Waals surface area contributed by atoms with Crippen LogP contribution in [0.15, 0.2) is 33.0 Å². The molecule has 2 aromatic rings. The Morgan fingerprint density at radius 2 is 2.00 bits per heavy atom. The zero-order chi connectivity index (χ0) is 17.7. The minimum absolute atomic E-state index is 0.102. The molecule has 0 saturated heterocycles. The average Bonchev–Trinajstić information content (AvgIpc) is 3.00. The largest absolute Gasteiger partial charge is 0.434 e. The maximum Gasteiger partial charge on any atom is 0.434 e. The summed E-state index contributed by atoms with van der Waals surface area (Å²) < 4.78 is 51.5. The lowest BCUT2D eigenvalue weighted by Crippen LogP contribution is -2.36. The Morgan fingerprint density at radius 1 is 1.29 bits per heavy atom. The van der Waals surface area contributed by atoms with Crippen LogP contribution in [-0.2, 0) is 19.3 Å². The van der Waals surface area contributed by atoms with E-state index in [-0.39, 0.29) is 17.4 Å². The molecule has 1 heterocycles. The van der Waals surface area contributed by atoms with Gasteiger partial charge < -0.3 is 10.6 Å². The summed E-state index contributed by atoms with van der Waals surface area (Å²) in [6, 6.07) is 4.30. The van der Waals surface area contributed by atoms with Crippen molar-refractivity contribution in [2.24, 2.45) is 4.99 Å². The van der Waals surface area contributed by atoms with E-state index < -0.39 is 11.9 Å². The maximum absolute atomic E-state index is 13.2. The van der Waals surface area contributed by atoms with E-state index in [2.05, 4.69) is 36.5 Å². The first-order chi connectivity index (χ1) is 11.3. The normalized spacial score (nSPS) is 12.3. The number of thiazole rings is 1. The lowest BCUT2D eigenvalue weighted by atomic mass is 10.2. The summed E-state index contributed by atoms with van der Waals surface area (Å²) in [7, 11) is 1.53. The minimum atomic E-state index is -4.45. The highest BCUT2D eigenvalue weighted by atomic mass is 79.9. The van der Waals surface area contributed by atoms with Crippen molar-refractivity contribution in [3.05, 3.63) is 50.1 Å². The van der Waals surface area contributed by atoms with E-state index in [1.807, 2.05) is 0 Å². The van der Waals surface area contributed by atoms with Crippen molar-refractivity contribution in [2.45, 2.75) is 19.3 Å². The van der Waals surface area contributed by atoms with Crippen LogP contribution in [-0.4, -0.2) is 18.0 Å². The van der Waals surface area contributed by atoms with Gasteiger partial charge in [0.1, 0.15) is 10.8 Å². The Morgan fingerprint density at radius 3 is 2.62 bits per heavy atom. The fraction of sp³-hybridized carbons (Fsp3) is 0.286. The predicted molar refractivity (Wildman–Crippen MR) is 88.3 cm³/mol. The van der Waals surface area contributed by atoms with Crippen molar-refractivity contribution >= 4 is 33.2 Å². The van der Waals surface area contributed by atoms with Crippen molar-refractivity contribution in [1.29, 1.82) is 0 Å². The number of nitrogens with zero attached hydrogens (tertiary/aromatic N) is 2. The summed E-state index contributed by atoms with van der Waals surface area (Å²) in [6.45, 7) is 0.397. The molecule has 4 nitrogen and oxygen atoms in total. The second kappa shape index (κ2) is 7.93. The molecule has 0 amide bonds. The molecule has 24 heavy (non-hydrogen) atoms. The molecule has 2 N–H and O–H groups in total. The van der Waals surface area contributed by atoms with Crippen molar-refractivity contribution in [3.63, 3.8) is 0 Å². The van der Waals surface area contributed by atoms with Crippen molar-refractivity contribution in [3.8, 4) is 0 Å². The summed E-state index contributed by atoms with van der Waals surface area (Å²) in [5.41, 5.74) is -0.220. The number of halogens is 5. The van der Waals surface area contributed by atoms with Gasteiger partial charge in [0, 0.05) is 23.4 Å². The number of aliphatic imine (C=N–C) groups is 1. The van der Waals surface area contributed by atoms with Crippen LogP contribution < -0.4 is 10.6 Å². The lowest BCUT2D eigenvalue weighted by Gasteiger charge is -2.12. The van der Waals surface area contributed by atoms with Gasteiger partial charge in [0.15, 0.2) is 11.7 Å². The van der Waals surface area contributed by atoms with Crippen LogP contribution in [0.1, 0.15) is 16.3 Å². The molecule has 1 aromatic carbocycles. The molecule has 0 fully saturated rings. The van der Waals surface area contributed by atoms with E-state index >= 15 is 0 Å². The number of benzene rings is 1. The molecule has 0 saturated carbocycles. The summed E-state index contributed by atoms with van der Waals surface area (Å²) in [5.74, 6) is 0.00957. The maximum atomic E-state index is 13.2. The van der Waals surface area contributed by atoms with Crippen molar-refractivity contribution in [2.75, 3.05) is 7.05 Å². The van der Waals surface area contributed by atoms with Crippen molar-refractivity contribution in [1.82, 2.24) is 15.6 Å². The van der Waals surface area contributed by atoms with Crippen LogP contribution >= 0.6 is 27.3 Å². The molecule has 2 rings (SSSR count). The molecule has 0 atom stereocenters. The topological polar surface area (TPSA) is 49.3 Å². The number of hydrogen-bond acceptors (Lipinski definition) is 3. The highest BCUT2D eigenvalue weighted by molar-refractivity contribution is 9.10. The van der Waals surface area contributed by atoms with Gasteiger partial charge in [-0.1, -0.05) is 15.9 Å². The second-order valence-corrected chi connectivity index (χ2v) is 6.44. The van der Waals surface area contributed by atoms with Crippen LogP contribution in [0.3, 0.4) is 0 Å². The Kier molecular flexibility index (Phi) is 6.16. The van der Waals surface area contributed by atoms with Gasteiger partial charge >= 0.3 is 6.18 Å². The van der Waals surface area contributed by atoms with Crippen molar-refractivity contribution < 1.29 is 17.6 Å². The third-order valence-corrected chi connectivity index (χ3v) is 4.55. The fourth-order valence-electron chi connectivity index (χ4n) is 1.76. The lowest BCUT2D eigenvalue weighted by molar-refractivity contribution is -0.140. The van der Waals surface area contributed by atoms with Gasteiger partial charge in [0.05, 0.1) is 6.54 Å². The first-order valence-corrected chi connectivity index (χ1v) is 8.37. The number of rotatable bonds is 4. The second-order valence-electron chi connectivity index (χ2n) is 4.64. The summed E-state index contributed by atoms with van der Waals surface area (Å²) in [4.78, 5) is 7.49. The molecular formula is C14H13BrF4N4S. The summed E-state index contributed by atoms with van der Waals surface area (Å²) in [6.07, 6.45) is -4.45. The number of nitrogens with one attached hydrogen (secondary N) is 2. The van der Waals surface area contributed by atoms with Crippen LogP contribution in [0.25, 0.3) is 0 Å². The number of alkyl halides is 3. The zero-order valence-electron chi connectivity index (χ0n) is 12.4. The summed E-state index contributed by atoms with van der Waals surface area (Å²) in [5, 5.41) is 7.08. The highest BCUT2D eigenvalue weighted by Crippen LogP contribution is 2.29. The Labute approximate surface area is 148 Å². The smallest absolute Gasteiger partial charge is 0.352 e. The van der Waals surface area contributed by atoms with Gasteiger partial charge in [0.2, 0.25) is 0 Å². The van der Waals surface area contributed by atoms with E-state index in [1.165, 1.54) is 19.2 Å². The monoisotopic (exact) mass is 424 g/mol. The van der Waals surface area contributed by atoms with Gasteiger partial charge in [-0.25, -0.2) is 9.37 Å².